The lowest BCUT2D eigenvalue weighted by molar-refractivity contribution is -0.137. The molecule has 0 unspecified atom stereocenters. The summed E-state index contributed by atoms with van der Waals surface area (Å²) in [6.07, 6.45) is -2.66. The van der Waals surface area contributed by atoms with Crippen LogP contribution in [0.3, 0.4) is 0 Å². The highest BCUT2D eigenvalue weighted by Gasteiger charge is 2.30. The van der Waals surface area contributed by atoms with Crippen molar-refractivity contribution in [2.45, 2.75) is 32.6 Å². The van der Waals surface area contributed by atoms with Gasteiger partial charge >= 0.3 is 6.18 Å². The Labute approximate surface area is 148 Å². The van der Waals surface area contributed by atoms with Crippen molar-refractivity contribution < 1.29 is 13.2 Å². The van der Waals surface area contributed by atoms with Gasteiger partial charge in [0.1, 0.15) is 5.65 Å². The zero-order valence-electron chi connectivity index (χ0n) is 14.3. The third kappa shape index (κ3) is 3.94. The highest BCUT2D eigenvalue weighted by atomic mass is 19.4. The van der Waals surface area contributed by atoms with E-state index in [1.165, 1.54) is 16.5 Å². The van der Waals surface area contributed by atoms with E-state index in [0.717, 1.165) is 17.7 Å². The first kappa shape index (κ1) is 18.1. The predicted octanol–water partition coefficient (Wildman–Crippen LogP) is 3.87. The third-order valence-corrected chi connectivity index (χ3v) is 4.16. The quantitative estimate of drug-likeness (QED) is 0.767. The maximum atomic E-state index is 12.8. The lowest BCUT2D eigenvalue weighted by Gasteiger charge is -2.16. The number of fused-ring (bicyclic) bond motifs is 1. The number of alkyl halides is 3. The molecule has 3 rings (SSSR count). The first-order chi connectivity index (χ1) is 12.2. The lowest BCUT2D eigenvalue weighted by Crippen LogP contribution is -2.22. The van der Waals surface area contributed by atoms with Gasteiger partial charge in [-0.25, -0.2) is 4.98 Å². The maximum absolute atomic E-state index is 12.8. The van der Waals surface area contributed by atoms with Gasteiger partial charge in [0.2, 0.25) is 0 Å². The van der Waals surface area contributed by atoms with Crippen LogP contribution in [0.4, 0.5) is 13.2 Å². The number of rotatable bonds is 4. The Morgan fingerprint density at radius 1 is 1.19 bits per heavy atom. The number of hydrogen-bond donors (Lipinski definition) is 1. The molecular weight excluding hydrogens is 343 g/mol. The first-order valence-electron chi connectivity index (χ1n) is 8.13. The highest BCUT2D eigenvalue weighted by molar-refractivity contribution is 5.40. The largest absolute Gasteiger partial charge is 0.416 e. The summed E-state index contributed by atoms with van der Waals surface area (Å²) in [5.41, 5.74) is 1.67. The average Bonchev–Trinajstić information content (AvgIpc) is 2.59. The Morgan fingerprint density at radius 3 is 2.69 bits per heavy atom. The Morgan fingerprint density at radius 2 is 1.96 bits per heavy atom. The van der Waals surface area contributed by atoms with Gasteiger partial charge in [0.15, 0.2) is 0 Å². The van der Waals surface area contributed by atoms with Crippen LogP contribution in [0.25, 0.3) is 5.65 Å². The van der Waals surface area contributed by atoms with Gasteiger partial charge in [-0.2, -0.15) is 13.2 Å². The molecule has 0 aliphatic heterocycles. The predicted molar refractivity (Wildman–Crippen MR) is 92.9 cm³/mol. The Hall–Kier alpha value is -2.67. The fourth-order valence-corrected chi connectivity index (χ4v) is 2.71. The average molecular weight is 361 g/mol. The van der Waals surface area contributed by atoms with Gasteiger partial charge in [0.25, 0.3) is 5.56 Å². The van der Waals surface area contributed by atoms with Crippen molar-refractivity contribution in [3.63, 3.8) is 0 Å². The molecule has 0 amide bonds. The number of halogens is 3. The van der Waals surface area contributed by atoms with E-state index < -0.39 is 11.7 Å². The van der Waals surface area contributed by atoms with E-state index in [2.05, 4.69) is 10.3 Å². The van der Waals surface area contributed by atoms with E-state index in [1.54, 1.807) is 25.3 Å². The van der Waals surface area contributed by atoms with E-state index in [9.17, 15) is 18.0 Å². The second kappa shape index (κ2) is 6.92. The molecule has 0 aliphatic carbocycles. The number of benzene rings is 1. The standard InChI is InChI=1S/C19H18F3N3O/c1-12-6-7-17-24-16(9-18(26)25(17)11-12)10-23-13(2)14-4-3-5-15(8-14)19(20,21)22/h3-9,11,13,23H,10H2,1-2H3/t13-/m0/s1. The van der Waals surface area contributed by atoms with Crippen molar-refractivity contribution in [2.24, 2.45) is 0 Å². The number of aryl methyl sites for hydroxylation is 1. The molecule has 26 heavy (non-hydrogen) atoms. The molecule has 1 aromatic carbocycles. The summed E-state index contributed by atoms with van der Waals surface area (Å²) in [6.45, 7) is 3.93. The zero-order valence-corrected chi connectivity index (χ0v) is 14.3. The lowest BCUT2D eigenvalue weighted by atomic mass is 10.0. The molecule has 0 spiro atoms. The van der Waals surface area contributed by atoms with E-state index in [-0.39, 0.29) is 18.1 Å². The number of aromatic nitrogens is 2. The Kier molecular flexibility index (Phi) is 4.82. The molecule has 1 atom stereocenters. The molecule has 2 heterocycles. The molecular formula is C19H18F3N3O. The topological polar surface area (TPSA) is 46.4 Å². The fraction of sp³-hybridized carbons (Fsp3) is 0.263. The van der Waals surface area contributed by atoms with Crippen LogP contribution in [-0.4, -0.2) is 9.38 Å². The molecule has 1 N–H and O–H groups in total. The van der Waals surface area contributed by atoms with Crippen LogP contribution in [0.1, 0.15) is 35.3 Å². The minimum Gasteiger partial charge on any atom is -0.305 e. The molecule has 0 aliphatic rings. The summed E-state index contributed by atoms with van der Waals surface area (Å²) >= 11 is 0. The SMILES string of the molecule is Cc1ccc2nc(CN[C@@H](C)c3cccc(C(F)(F)F)c3)cc(=O)n2c1. The van der Waals surface area contributed by atoms with Gasteiger partial charge in [-0.05, 0) is 43.2 Å². The number of hydrogen-bond acceptors (Lipinski definition) is 3. The molecule has 4 nitrogen and oxygen atoms in total. The molecule has 0 saturated heterocycles. The Balaban J connectivity index is 1.78. The summed E-state index contributed by atoms with van der Waals surface area (Å²) in [5.74, 6) is 0. The van der Waals surface area contributed by atoms with E-state index in [4.69, 9.17) is 0 Å². The van der Waals surface area contributed by atoms with E-state index >= 15 is 0 Å². The number of pyridine rings is 1. The van der Waals surface area contributed by atoms with E-state index in [0.29, 0.717) is 16.9 Å². The van der Waals surface area contributed by atoms with Gasteiger partial charge in [-0.3, -0.25) is 9.20 Å². The van der Waals surface area contributed by atoms with Crippen molar-refractivity contribution in [3.8, 4) is 0 Å². The van der Waals surface area contributed by atoms with Crippen molar-refractivity contribution in [1.29, 1.82) is 0 Å². The summed E-state index contributed by atoms with van der Waals surface area (Å²) in [4.78, 5) is 16.6. The van der Waals surface area contributed by atoms with Crippen LogP contribution in [0, 0.1) is 6.92 Å². The summed E-state index contributed by atoms with van der Waals surface area (Å²) in [6, 6.07) is 9.93. The van der Waals surface area contributed by atoms with Gasteiger partial charge in [-0.1, -0.05) is 18.2 Å². The number of nitrogens with zero attached hydrogens (tertiary/aromatic N) is 2. The molecule has 7 heteroatoms. The smallest absolute Gasteiger partial charge is 0.305 e. The summed E-state index contributed by atoms with van der Waals surface area (Å²) in [7, 11) is 0. The molecule has 3 aromatic rings. The van der Waals surface area contributed by atoms with Crippen LogP contribution in [-0.2, 0) is 12.7 Å². The van der Waals surface area contributed by atoms with Crippen LogP contribution < -0.4 is 10.9 Å². The van der Waals surface area contributed by atoms with E-state index in [1.807, 2.05) is 13.0 Å². The van der Waals surface area contributed by atoms with Gasteiger partial charge < -0.3 is 5.32 Å². The third-order valence-electron chi connectivity index (χ3n) is 4.16. The summed E-state index contributed by atoms with van der Waals surface area (Å²) in [5, 5.41) is 3.12. The molecule has 136 valence electrons. The number of nitrogens with one attached hydrogen (secondary N) is 1. The normalized spacial score (nSPS) is 13.1. The molecule has 0 fully saturated rings. The van der Waals surface area contributed by atoms with Crippen LogP contribution >= 0.6 is 0 Å². The molecule has 0 saturated carbocycles. The minimum atomic E-state index is -4.37. The van der Waals surface area contributed by atoms with Crippen LogP contribution in [0.15, 0.2) is 53.5 Å². The maximum Gasteiger partial charge on any atom is 0.416 e. The van der Waals surface area contributed by atoms with Crippen molar-refractivity contribution in [1.82, 2.24) is 14.7 Å². The molecule has 0 radical (unpaired) electrons. The fourth-order valence-electron chi connectivity index (χ4n) is 2.71. The second-order valence-corrected chi connectivity index (χ2v) is 6.25. The highest BCUT2D eigenvalue weighted by Crippen LogP contribution is 2.30. The van der Waals surface area contributed by atoms with Crippen LogP contribution in [0.5, 0.6) is 0 Å². The second-order valence-electron chi connectivity index (χ2n) is 6.25. The first-order valence-corrected chi connectivity index (χ1v) is 8.13. The zero-order chi connectivity index (χ0) is 18.9. The van der Waals surface area contributed by atoms with Crippen LogP contribution in [0.2, 0.25) is 0 Å². The van der Waals surface area contributed by atoms with Crippen molar-refractivity contribution in [2.75, 3.05) is 0 Å². The Bertz CT molecular complexity index is 995. The molecule has 2 aromatic heterocycles. The van der Waals surface area contributed by atoms with Gasteiger partial charge in [0.05, 0.1) is 11.3 Å². The van der Waals surface area contributed by atoms with Gasteiger partial charge in [-0.15, -0.1) is 0 Å². The minimum absolute atomic E-state index is 0.192. The summed E-state index contributed by atoms with van der Waals surface area (Å²) < 4.78 is 40.0. The molecule has 0 bridgehead atoms. The monoisotopic (exact) mass is 361 g/mol. The van der Waals surface area contributed by atoms with Gasteiger partial charge in [0, 0.05) is 24.8 Å². The van der Waals surface area contributed by atoms with Crippen molar-refractivity contribution >= 4 is 5.65 Å². The van der Waals surface area contributed by atoms with Crippen molar-refractivity contribution in [3.05, 3.63) is 81.4 Å².